The van der Waals surface area contributed by atoms with Crippen molar-refractivity contribution in [1.29, 1.82) is 0 Å². The highest BCUT2D eigenvalue weighted by atomic mass is 35.5. The van der Waals surface area contributed by atoms with Crippen molar-refractivity contribution in [2.24, 2.45) is 5.92 Å². The van der Waals surface area contributed by atoms with Crippen molar-refractivity contribution >= 4 is 21.6 Å². The van der Waals surface area contributed by atoms with Gasteiger partial charge in [-0.3, -0.25) is 0 Å². The van der Waals surface area contributed by atoms with E-state index in [2.05, 4.69) is 4.72 Å². The van der Waals surface area contributed by atoms with Gasteiger partial charge >= 0.3 is 0 Å². The summed E-state index contributed by atoms with van der Waals surface area (Å²) in [6, 6.07) is 6.13. The lowest BCUT2D eigenvalue weighted by Gasteiger charge is -2.19. The molecule has 0 spiro atoms. The quantitative estimate of drug-likeness (QED) is 0.754. The van der Waals surface area contributed by atoms with E-state index in [1.807, 2.05) is 13.8 Å². The number of benzene rings is 1. The van der Waals surface area contributed by atoms with E-state index >= 15 is 0 Å². The van der Waals surface area contributed by atoms with Gasteiger partial charge in [-0.15, -0.1) is 11.6 Å². The van der Waals surface area contributed by atoms with Gasteiger partial charge < -0.3 is 5.11 Å². The van der Waals surface area contributed by atoms with Crippen molar-refractivity contribution in [2.45, 2.75) is 31.2 Å². The highest BCUT2D eigenvalue weighted by Gasteiger charge is 2.21. The van der Waals surface area contributed by atoms with Crippen molar-refractivity contribution in [2.75, 3.05) is 12.5 Å². The van der Waals surface area contributed by atoms with Gasteiger partial charge in [0.2, 0.25) is 10.0 Å². The molecule has 2 N–H and O–H groups in total. The zero-order chi connectivity index (χ0) is 14.5. The zero-order valence-electron chi connectivity index (χ0n) is 11.1. The second-order valence-corrected chi connectivity index (χ2v) is 6.83. The molecule has 1 aromatic carbocycles. The standard InChI is InChI=1S/C13H20ClNO3S/c1-10(2)13(9-16)15-19(17,18)12-5-3-11(4-6-12)7-8-14/h3-6,10,13,15-16H,7-9H2,1-2H3. The molecule has 0 aliphatic heterocycles. The summed E-state index contributed by atoms with van der Waals surface area (Å²) in [7, 11) is -3.59. The van der Waals surface area contributed by atoms with Crippen molar-refractivity contribution in [3.05, 3.63) is 29.8 Å². The molecule has 19 heavy (non-hydrogen) atoms. The van der Waals surface area contributed by atoms with Crippen LogP contribution in [0, 0.1) is 5.92 Å². The van der Waals surface area contributed by atoms with Gasteiger partial charge in [0.15, 0.2) is 0 Å². The molecule has 0 amide bonds. The Morgan fingerprint density at radius 1 is 1.26 bits per heavy atom. The third kappa shape index (κ3) is 4.76. The summed E-state index contributed by atoms with van der Waals surface area (Å²) in [5.74, 6) is 0.528. The normalized spacial score (nSPS) is 13.7. The molecular formula is C13H20ClNO3S. The lowest BCUT2D eigenvalue weighted by atomic mass is 10.1. The van der Waals surface area contributed by atoms with Crippen LogP contribution in [0.25, 0.3) is 0 Å². The van der Waals surface area contributed by atoms with Crippen LogP contribution in [0.15, 0.2) is 29.2 Å². The van der Waals surface area contributed by atoms with Gasteiger partial charge in [0.1, 0.15) is 0 Å². The number of aryl methyl sites for hydroxylation is 1. The van der Waals surface area contributed by atoms with E-state index < -0.39 is 16.1 Å². The monoisotopic (exact) mass is 305 g/mol. The van der Waals surface area contributed by atoms with Gasteiger partial charge in [-0.2, -0.15) is 0 Å². The SMILES string of the molecule is CC(C)C(CO)NS(=O)(=O)c1ccc(CCCl)cc1. The van der Waals surface area contributed by atoms with Gasteiger partial charge in [0, 0.05) is 11.9 Å². The van der Waals surface area contributed by atoms with Crippen molar-refractivity contribution in [3.8, 4) is 0 Å². The van der Waals surface area contributed by atoms with Crippen LogP contribution in [-0.4, -0.2) is 32.1 Å². The molecule has 1 rings (SSSR count). The first kappa shape index (κ1) is 16.4. The number of sulfonamides is 1. The molecule has 0 saturated carbocycles. The minimum atomic E-state index is -3.59. The molecule has 0 saturated heterocycles. The van der Waals surface area contributed by atoms with Crippen LogP contribution in [0.4, 0.5) is 0 Å². The summed E-state index contributed by atoms with van der Waals surface area (Å²) in [5, 5.41) is 9.18. The van der Waals surface area contributed by atoms with E-state index in [-0.39, 0.29) is 17.4 Å². The fourth-order valence-corrected chi connectivity index (χ4v) is 3.19. The van der Waals surface area contributed by atoms with Crippen LogP contribution in [0.2, 0.25) is 0 Å². The number of rotatable bonds is 7. The highest BCUT2D eigenvalue weighted by molar-refractivity contribution is 7.89. The molecule has 0 aliphatic rings. The van der Waals surface area contributed by atoms with Crippen LogP contribution in [0.3, 0.4) is 0 Å². The molecule has 0 heterocycles. The molecular weight excluding hydrogens is 286 g/mol. The van der Waals surface area contributed by atoms with Crippen LogP contribution < -0.4 is 4.72 Å². The summed E-state index contributed by atoms with van der Waals surface area (Å²) in [5.41, 5.74) is 0.997. The van der Waals surface area contributed by atoms with Crippen LogP contribution in [0.5, 0.6) is 0 Å². The average molecular weight is 306 g/mol. The molecule has 0 radical (unpaired) electrons. The summed E-state index contributed by atoms with van der Waals surface area (Å²) < 4.78 is 26.8. The summed E-state index contributed by atoms with van der Waals surface area (Å²) in [6.07, 6.45) is 0.709. The van der Waals surface area contributed by atoms with E-state index in [9.17, 15) is 13.5 Å². The van der Waals surface area contributed by atoms with Crippen molar-refractivity contribution in [1.82, 2.24) is 4.72 Å². The zero-order valence-corrected chi connectivity index (χ0v) is 12.7. The Morgan fingerprint density at radius 3 is 2.26 bits per heavy atom. The van der Waals surface area contributed by atoms with E-state index in [4.69, 9.17) is 11.6 Å². The number of alkyl halides is 1. The van der Waals surface area contributed by atoms with E-state index in [1.165, 1.54) is 0 Å². The van der Waals surface area contributed by atoms with E-state index in [1.54, 1.807) is 24.3 Å². The van der Waals surface area contributed by atoms with Crippen LogP contribution in [-0.2, 0) is 16.4 Å². The average Bonchev–Trinajstić information content (AvgIpc) is 2.37. The molecule has 108 valence electrons. The lowest BCUT2D eigenvalue weighted by molar-refractivity contribution is 0.227. The lowest BCUT2D eigenvalue weighted by Crippen LogP contribution is -2.41. The van der Waals surface area contributed by atoms with E-state index in [0.717, 1.165) is 5.56 Å². The molecule has 1 unspecified atom stereocenters. The number of hydrogen-bond donors (Lipinski definition) is 2. The summed E-state index contributed by atoms with van der Waals surface area (Å²) >= 11 is 5.63. The first-order chi connectivity index (χ1) is 8.90. The third-order valence-corrected chi connectivity index (χ3v) is 4.62. The van der Waals surface area contributed by atoms with Gasteiger partial charge in [-0.1, -0.05) is 26.0 Å². The predicted octanol–water partition coefficient (Wildman–Crippen LogP) is 1.76. The van der Waals surface area contributed by atoms with E-state index in [0.29, 0.717) is 12.3 Å². The fourth-order valence-electron chi connectivity index (χ4n) is 1.60. The Balaban J connectivity index is 2.87. The number of hydrogen-bond acceptors (Lipinski definition) is 3. The maximum absolute atomic E-state index is 12.1. The molecule has 0 aromatic heterocycles. The van der Waals surface area contributed by atoms with Gasteiger partial charge in [0.25, 0.3) is 0 Å². The van der Waals surface area contributed by atoms with Gasteiger partial charge in [0.05, 0.1) is 11.5 Å². The van der Waals surface area contributed by atoms with Crippen LogP contribution >= 0.6 is 11.6 Å². The summed E-state index contributed by atoms with van der Waals surface area (Å²) in [4.78, 5) is 0.199. The van der Waals surface area contributed by atoms with Crippen molar-refractivity contribution in [3.63, 3.8) is 0 Å². The second-order valence-electron chi connectivity index (χ2n) is 4.74. The Morgan fingerprint density at radius 2 is 1.84 bits per heavy atom. The number of aliphatic hydroxyl groups excluding tert-OH is 1. The number of halogens is 1. The largest absolute Gasteiger partial charge is 0.395 e. The Bertz CT molecular complexity index is 485. The molecule has 1 aromatic rings. The van der Waals surface area contributed by atoms with Gasteiger partial charge in [-0.05, 0) is 30.0 Å². The fraction of sp³-hybridized carbons (Fsp3) is 0.538. The Labute approximate surface area is 119 Å². The van der Waals surface area contributed by atoms with Crippen LogP contribution in [0.1, 0.15) is 19.4 Å². The molecule has 1 atom stereocenters. The smallest absolute Gasteiger partial charge is 0.240 e. The first-order valence-electron chi connectivity index (χ1n) is 6.18. The molecule has 0 aliphatic carbocycles. The topological polar surface area (TPSA) is 66.4 Å². The maximum atomic E-state index is 12.1. The predicted molar refractivity (Wildman–Crippen MR) is 76.9 cm³/mol. The minimum Gasteiger partial charge on any atom is -0.395 e. The molecule has 0 bridgehead atoms. The van der Waals surface area contributed by atoms with Crippen molar-refractivity contribution < 1.29 is 13.5 Å². The first-order valence-corrected chi connectivity index (χ1v) is 8.20. The summed E-state index contributed by atoms with van der Waals surface area (Å²) in [6.45, 7) is 3.49. The highest BCUT2D eigenvalue weighted by Crippen LogP contribution is 2.13. The van der Waals surface area contributed by atoms with Gasteiger partial charge in [-0.25, -0.2) is 13.1 Å². The second kappa shape index (κ2) is 7.24. The third-order valence-electron chi connectivity index (χ3n) is 2.92. The minimum absolute atomic E-state index is 0.0234. The molecule has 0 fully saturated rings. The molecule has 6 heteroatoms. The number of aliphatic hydroxyl groups is 1. The molecule has 4 nitrogen and oxygen atoms in total. The Hall–Kier alpha value is -0.620. The Kier molecular flexibility index (Phi) is 6.26. The maximum Gasteiger partial charge on any atom is 0.240 e. The number of nitrogens with one attached hydrogen (secondary N) is 1.